The predicted octanol–water partition coefficient (Wildman–Crippen LogP) is 3.17. The van der Waals surface area contributed by atoms with E-state index in [9.17, 15) is 0 Å². The SMILES string of the molecule is ClCCCc1cccc(NCCn2cccn2)c1. The van der Waals surface area contributed by atoms with Crippen LogP contribution in [0.1, 0.15) is 12.0 Å². The monoisotopic (exact) mass is 263 g/mol. The second kappa shape index (κ2) is 7.07. The highest BCUT2D eigenvalue weighted by atomic mass is 35.5. The molecule has 0 spiro atoms. The fourth-order valence-electron chi connectivity index (χ4n) is 1.86. The summed E-state index contributed by atoms with van der Waals surface area (Å²) in [7, 11) is 0. The molecule has 0 atom stereocenters. The van der Waals surface area contributed by atoms with Crippen LogP contribution in [0.25, 0.3) is 0 Å². The maximum absolute atomic E-state index is 5.71. The number of halogens is 1. The number of benzene rings is 1. The Morgan fingerprint density at radius 3 is 3.00 bits per heavy atom. The highest BCUT2D eigenvalue weighted by Gasteiger charge is 1.96. The minimum atomic E-state index is 0.719. The summed E-state index contributed by atoms with van der Waals surface area (Å²) in [6, 6.07) is 10.4. The first-order valence-corrected chi connectivity index (χ1v) is 6.78. The van der Waals surface area contributed by atoms with Crippen LogP contribution in [0.2, 0.25) is 0 Å². The van der Waals surface area contributed by atoms with Crippen molar-refractivity contribution in [3.8, 4) is 0 Å². The molecule has 3 nitrogen and oxygen atoms in total. The van der Waals surface area contributed by atoms with Crippen molar-refractivity contribution in [3.63, 3.8) is 0 Å². The van der Waals surface area contributed by atoms with E-state index in [0.29, 0.717) is 0 Å². The second-order valence-corrected chi connectivity index (χ2v) is 4.57. The van der Waals surface area contributed by atoms with Gasteiger partial charge in [-0.1, -0.05) is 12.1 Å². The first-order chi connectivity index (χ1) is 8.88. The van der Waals surface area contributed by atoms with E-state index in [1.807, 2.05) is 16.9 Å². The van der Waals surface area contributed by atoms with E-state index in [1.54, 1.807) is 6.20 Å². The fourth-order valence-corrected chi connectivity index (χ4v) is 1.99. The topological polar surface area (TPSA) is 29.9 Å². The van der Waals surface area contributed by atoms with Crippen LogP contribution >= 0.6 is 11.6 Å². The summed E-state index contributed by atoms with van der Waals surface area (Å²) >= 11 is 5.71. The van der Waals surface area contributed by atoms with Crippen LogP contribution in [0.5, 0.6) is 0 Å². The van der Waals surface area contributed by atoms with Crippen LogP contribution in [0.3, 0.4) is 0 Å². The number of alkyl halides is 1. The van der Waals surface area contributed by atoms with Gasteiger partial charge in [0.1, 0.15) is 0 Å². The zero-order valence-corrected chi connectivity index (χ0v) is 11.1. The zero-order chi connectivity index (χ0) is 12.6. The van der Waals surface area contributed by atoms with Gasteiger partial charge in [0.2, 0.25) is 0 Å². The highest BCUT2D eigenvalue weighted by molar-refractivity contribution is 6.17. The number of anilines is 1. The van der Waals surface area contributed by atoms with E-state index >= 15 is 0 Å². The lowest BCUT2D eigenvalue weighted by atomic mass is 10.1. The van der Waals surface area contributed by atoms with Crippen LogP contribution in [-0.2, 0) is 13.0 Å². The third-order valence-corrected chi connectivity index (χ3v) is 3.02. The Bertz CT molecular complexity index is 454. The van der Waals surface area contributed by atoms with Gasteiger partial charge in [-0.05, 0) is 36.6 Å². The summed E-state index contributed by atoms with van der Waals surface area (Å²) in [4.78, 5) is 0. The molecule has 2 aromatic rings. The number of nitrogens with one attached hydrogen (secondary N) is 1. The number of aryl methyl sites for hydroxylation is 1. The van der Waals surface area contributed by atoms with E-state index in [0.717, 1.165) is 37.5 Å². The van der Waals surface area contributed by atoms with Crippen LogP contribution < -0.4 is 5.32 Å². The molecule has 1 aromatic heterocycles. The second-order valence-electron chi connectivity index (χ2n) is 4.19. The molecule has 0 saturated heterocycles. The number of aromatic nitrogens is 2. The lowest BCUT2D eigenvalue weighted by Crippen LogP contribution is -2.10. The minimum absolute atomic E-state index is 0.719. The number of nitrogens with zero attached hydrogens (tertiary/aromatic N) is 2. The van der Waals surface area contributed by atoms with E-state index in [-0.39, 0.29) is 0 Å². The lowest BCUT2D eigenvalue weighted by Gasteiger charge is -2.08. The first kappa shape index (κ1) is 13.0. The number of hydrogen-bond acceptors (Lipinski definition) is 2. The van der Waals surface area contributed by atoms with Crippen LogP contribution in [0, 0.1) is 0 Å². The summed E-state index contributed by atoms with van der Waals surface area (Å²) < 4.78 is 1.92. The maximum Gasteiger partial charge on any atom is 0.0582 e. The molecule has 1 aromatic carbocycles. The molecule has 0 radical (unpaired) electrons. The minimum Gasteiger partial charge on any atom is -0.383 e. The Hall–Kier alpha value is -1.48. The molecule has 0 aliphatic rings. The summed E-state index contributed by atoms with van der Waals surface area (Å²) in [5.41, 5.74) is 2.49. The molecule has 0 fully saturated rings. The Labute approximate surface area is 113 Å². The van der Waals surface area contributed by atoms with Gasteiger partial charge in [-0.2, -0.15) is 5.10 Å². The number of hydrogen-bond donors (Lipinski definition) is 1. The largest absolute Gasteiger partial charge is 0.383 e. The van der Waals surface area contributed by atoms with Crippen molar-refractivity contribution in [2.75, 3.05) is 17.7 Å². The molecule has 0 bridgehead atoms. The van der Waals surface area contributed by atoms with Gasteiger partial charge in [-0.25, -0.2) is 0 Å². The molecule has 18 heavy (non-hydrogen) atoms. The molecular weight excluding hydrogens is 246 g/mol. The molecule has 0 amide bonds. The van der Waals surface area contributed by atoms with Crippen LogP contribution in [0.4, 0.5) is 5.69 Å². The predicted molar refractivity (Wildman–Crippen MR) is 76.2 cm³/mol. The molecule has 2 rings (SSSR count). The summed E-state index contributed by atoms with van der Waals surface area (Å²) in [6.07, 6.45) is 5.84. The van der Waals surface area contributed by atoms with E-state index < -0.39 is 0 Å². The quantitative estimate of drug-likeness (QED) is 0.778. The van der Waals surface area contributed by atoms with Crippen molar-refractivity contribution in [2.24, 2.45) is 0 Å². The molecule has 0 aliphatic carbocycles. The Balaban J connectivity index is 1.81. The lowest BCUT2D eigenvalue weighted by molar-refractivity contribution is 0.638. The van der Waals surface area contributed by atoms with Crippen molar-refractivity contribution < 1.29 is 0 Å². The van der Waals surface area contributed by atoms with E-state index in [2.05, 4.69) is 34.7 Å². The Morgan fingerprint density at radius 2 is 2.22 bits per heavy atom. The molecule has 0 aliphatic heterocycles. The van der Waals surface area contributed by atoms with Crippen molar-refractivity contribution in [1.82, 2.24) is 9.78 Å². The Kier molecular flexibility index (Phi) is 5.09. The highest BCUT2D eigenvalue weighted by Crippen LogP contribution is 2.12. The van der Waals surface area contributed by atoms with Crippen LogP contribution in [0.15, 0.2) is 42.7 Å². The van der Waals surface area contributed by atoms with Crippen molar-refractivity contribution in [1.29, 1.82) is 0 Å². The van der Waals surface area contributed by atoms with E-state index in [4.69, 9.17) is 11.6 Å². The molecular formula is C14H18ClN3. The molecule has 0 saturated carbocycles. The maximum atomic E-state index is 5.71. The van der Waals surface area contributed by atoms with Gasteiger partial charge >= 0.3 is 0 Å². The zero-order valence-electron chi connectivity index (χ0n) is 10.3. The summed E-state index contributed by atoms with van der Waals surface area (Å²) in [5.74, 6) is 0.719. The van der Waals surface area contributed by atoms with Gasteiger partial charge < -0.3 is 5.32 Å². The van der Waals surface area contributed by atoms with Gasteiger partial charge in [0, 0.05) is 30.5 Å². The van der Waals surface area contributed by atoms with Gasteiger partial charge in [0.15, 0.2) is 0 Å². The standard InChI is InChI=1S/C14H18ClN3/c15-7-2-5-13-4-1-6-14(12-13)16-9-11-18-10-3-8-17-18/h1,3-4,6,8,10,12,16H,2,5,7,9,11H2. The van der Waals surface area contributed by atoms with Crippen molar-refractivity contribution in [3.05, 3.63) is 48.3 Å². The molecule has 1 N–H and O–H groups in total. The first-order valence-electron chi connectivity index (χ1n) is 6.25. The Morgan fingerprint density at radius 1 is 1.28 bits per heavy atom. The van der Waals surface area contributed by atoms with Crippen LogP contribution in [-0.4, -0.2) is 22.2 Å². The van der Waals surface area contributed by atoms with Gasteiger partial charge in [-0.3, -0.25) is 4.68 Å². The van der Waals surface area contributed by atoms with E-state index in [1.165, 1.54) is 5.56 Å². The molecule has 96 valence electrons. The number of rotatable bonds is 7. The molecule has 1 heterocycles. The average molecular weight is 264 g/mol. The van der Waals surface area contributed by atoms with Gasteiger partial charge in [0.25, 0.3) is 0 Å². The van der Waals surface area contributed by atoms with Gasteiger partial charge in [0.05, 0.1) is 6.54 Å². The third kappa shape index (κ3) is 4.08. The van der Waals surface area contributed by atoms with Crippen molar-refractivity contribution in [2.45, 2.75) is 19.4 Å². The normalized spacial score (nSPS) is 10.5. The van der Waals surface area contributed by atoms with Crippen molar-refractivity contribution >= 4 is 17.3 Å². The smallest absolute Gasteiger partial charge is 0.0582 e. The fraction of sp³-hybridized carbons (Fsp3) is 0.357. The van der Waals surface area contributed by atoms with Gasteiger partial charge in [-0.15, -0.1) is 11.6 Å². The molecule has 4 heteroatoms. The summed E-state index contributed by atoms with van der Waals surface area (Å²) in [6.45, 7) is 1.75. The average Bonchev–Trinajstić information content (AvgIpc) is 2.90. The summed E-state index contributed by atoms with van der Waals surface area (Å²) in [5, 5.41) is 7.57. The molecule has 0 unspecified atom stereocenters. The third-order valence-electron chi connectivity index (χ3n) is 2.76.